The second-order valence-corrected chi connectivity index (χ2v) is 10.0. The van der Waals surface area contributed by atoms with Gasteiger partial charge >= 0.3 is 0 Å². The smallest absolute Gasteiger partial charge is 0.159 e. The maximum Gasteiger partial charge on any atom is 0.159 e. The molecule has 0 unspecified atom stereocenters. The van der Waals surface area contributed by atoms with Crippen LogP contribution < -0.4 is 4.90 Å². The fraction of sp³-hybridized carbons (Fsp3) is 0.409. The minimum Gasteiger partial charge on any atom is -0.354 e. The summed E-state index contributed by atoms with van der Waals surface area (Å²) in [7, 11) is 0. The first kappa shape index (κ1) is 18.3. The molecule has 3 aromatic rings. The zero-order chi connectivity index (χ0) is 20.2. The van der Waals surface area contributed by atoms with E-state index < -0.39 is 0 Å². The largest absolute Gasteiger partial charge is 0.354 e. The molecule has 0 radical (unpaired) electrons. The number of nitrogens with zero attached hydrogens (tertiary/aromatic N) is 6. The van der Waals surface area contributed by atoms with Gasteiger partial charge in [0.15, 0.2) is 10.8 Å². The molecular formula is C22H24N6S. The Bertz CT molecular complexity index is 1180. The number of pyridine rings is 1. The fourth-order valence-electron chi connectivity index (χ4n) is 4.16. The quantitative estimate of drug-likeness (QED) is 0.619. The van der Waals surface area contributed by atoms with E-state index in [1.807, 2.05) is 36.9 Å². The lowest BCUT2D eigenvalue weighted by Gasteiger charge is -2.37. The molecule has 1 fully saturated rings. The van der Waals surface area contributed by atoms with Crippen LogP contribution in [-0.2, 0) is 0 Å². The van der Waals surface area contributed by atoms with Crippen molar-refractivity contribution < 1.29 is 0 Å². The molecule has 2 aliphatic heterocycles. The summed E-state index contributed by atoms with van der Waals surface area (Å²) in [6.07, 6.45) is 0. The molecule has 1 aromatic carbocycles. The van der Waals surface area contributed by atoms with E-state index in [0.717, 1.165) is 60.8 Å². The van der Waals surface area contributed by atoms with E-state index in [4.69, 9.17) is 9.98 Å². The minimum atomic E-state index is 0.207. The maximum atomic E-state index is 9.70. The van der Waals surface area contributed by atoms with Crippen molar-refractivity contribution in [1.82, 2.24) is 14.3 Å². The predicted molar refractivity (Wildman–Crippen MR) is 120 cm³/mol. The topological polar surface area (TPSA) is 59.9 Å². The molecule has 4 heterocycles. The number of aryl methyl sites for hydroxylation is 1. The Morgan fingerprint density at radius 3 is 2.52 bits per heavy atom. The molecule has 29 heavy (non-hydrogen) atoms. The number of fused-ring (bicyclic) bond motifs is 3. The summed E-state index contributed by atoms with van der Waals surface area (Å²) >= 11 is 1.89. The third kappa shape index (κ3) is 3.03. The average Bonchev–Trinajstić information content (AvgIpc) is 3.27. The molecule has 0 bridgehead atoms. The van der Waals surface area contributed by atoms with Gasteiger partial charge in [-0.1, -0.05) is 23.9 Å². The number of aliphatic imine (C=N–C) groups is 1. The van der Waals surface area contributed by atoms with E-state index in [1.165, 1.54) is 5.17 Å². The highest BCUT2D eigenvalue weighted by molar-refractivity contribution is 8.15. The predicted octanol–water partition coefficient (Wildman–Crippen LogP) is 3.67. The van der Waals surface area contributed by atoms with Crippen molar-refractivity contribution in [3.05, 3.63) is 41.5 Å². The van der Waals surface area contributed by atoms with Crippen molar-refractivity contribution in [2.75, 3.05) is 37.6 Å². The molecule has 0 saturated carbocycles. The van der Waals surface area contributed by atoms with Crippen LogP contribution in [0.5, 0.6) is 0 Å². The zero-order valence-electron chi connectivity index (χ0n) is 17.0. The molecule has 148 valence electrons. The van der Waals surface area contributed by atoms with Gasteiger partial charge in [-0.25, -0.2) is 4.98 Å². The van der Waals surface area contributed by atoms with Gasteiger partial charge in [0.25, 0.3) is 0 Å². The number of piperazine rings is 1. The highest BCUT2D eigenvalue weighted by Gasteiger charge is 2.32. The number of amidine groups is 1. The highest BCUT2D eigenvalue weighted by Crippen LogP contribution is 2.34. The number of hydrogen-bond donors (Lipinski definition) is 0. The standard InChI is InChI=1S/C22H24N6S/c1-15-12-19(26-8-10-27(11-9-26)21-24-14-22(2,3)29-21)28-18-7-5-4-6-17(18)25-20(28)16(15)13-23/h4-7,12H,8-11,14H2,1-3H3. The molecule has 0 spiro atoms. The zero-order valence-corrected chi connectivity index (χ0v) is 17.8. The Balaban J connectivity index is 1.51. The number of rotatable bonds is 1. The fourth-order valence-corrected chi connectivity index (χ4v) is 5.23. The van der Waals surface area contributed by atoms with Gasteiger partial charge in [0.05, 0.1) is 23.1 Å². The minimum absolute atomic E-state index is 0.207. The van der Waals surface area contributed by atoms with Gasteiger partial charge in [0, 0.05) is 30.9 Å². The highest BCUT2D eigenvalue weighted by atomic mass is 32.2. The number of aromatic nitrogens is 2. The molecule has 0 N–H and O–H groups in total. The molecule has 2 aliphatic rings. The lowest BCUT2D eigenvalue weighted by Crippen LogP contribution is -2.48. The SMILES string of the molecule is Cc1cc(N2CCN(C3=NCC(C)(C)S3)CC2)n2c(nc3ccccc32)c1C#N. The van der Waals surface area contributed by atoms with Crippen LogP contribution in [0.2, 0.25) is 0 Å². The first-order valence-corrected chi connectivity index (χ1v) is 10.8. The normalized spacial score (nSPS) is 19.0. The van der Waals surface area contributed by atoms with Crippen molar-refractivity contribution in [3.63, 3.8) is 0 Å². The van der Waals surface area contributed by atoms with E-state index in [-0.39, 0.29) is 4.75 Å². The van der Waals surface area contributed by atoms with E-state index in [2.05, 4.69) is 46.2 Å². The Morgan fingerprint density at radius 2 is 1.83 bits per heavy atom. The van der Waals surface area contributed by atoms with Crippen LogP contribution in [0.1, 0.15) is 25.0 Å². The Morgan fingerprint density at radius 1 is 1.10 bits per heavy atom. The van der Waals surface area contributed by atoms with Gasteiger partial charge in [0.1, 0.15) is 11.9 Å². The summed E-state index contributed by atoms with van der Waals surface area (Å²) in [5.74, 6) is 1.12. The lowest BCUT2D eigenvalue weighted by atomic mass is 10.1. The van der Waals surface area contributed by atoms with Gasteiger partial charge in [-0.15, -0.1) is 0 Å². The Labute approximate surface area is 174 Å². The lowest BCUT2D eigenvalue weighted by molar-refractivity contribution is 0.390. The van der Waals surface area contributed by atoms with Crippen molar-refractivity contribution >= 4 is 39.4 Å². The van der Waals surface area contributed by atoms with Crippen LogP contribution in [0, 0.1) is 18.3 Å². The monoisotopic (exact) mass is 404 g/mol. The Hall–Kier alpha value is -2.72. The van der Waals surface area contributed by atoms with Gasteiger partial charge in [0.2, 0.25) is 0 Å². The summed E-state index contributed by atoms with van der Waals surface area (Å²) in [6, 6.07) is 12.6. The Kier molecular flexibility index (Phi) is 4.21. The first-order valence-electron chi connectivity index (χ1n) is 10.0. The molecule has 5 rings (SSSR count). The van der Waals surface area contributed by atoms with Crippen LogP contribution >= 0.6 is 11.8 Å². The van der Waals surface area contributed by atoms with Gasteiger partial charge in [-0.05, 0) is 44.5 Å². The second kappa shape index (κ2) is 6.67. The van der Waals surface area contributed by atoms with Gasteiger partial charge in [-0.2, -0.15) is 5.26 Å². The first-order chi connectivity index (χ1) is 14.0. The number of thioether (sulfide) groups is 1. The number of imidazole rings is 1. The second-order valence-electron chi connectivity index (χ2n) is 8.37. The van der Waals surface area contributed by atoms with Crippen molar-refractivity contribution in [3.8, 4) is 6.07 Å². The van der Waals surface area contributed by atoms with Crippen molar-refractivity contribution in [2.45, 2.75) is 25.5 Å². The third-order valence-electron chi connectivity index (χ3n) is 5.70. The number of nitriles is 1. The van der Waals surface area contributed by atoms with E-state index in [9.17, 15) is 5.26 Å². The van der Waals surface area contributed by atoms with Crippen molar-refractivity contribution in [1.29, 1.82) is 5.26 Å². The molecule has 0 aliphatic carbocycles. The van der Waals surface area contributed by atoms with Crippen LogP contribution in [0.4, 0.5) is 5.82 Å². The van der Waals surface area contributed by atoms with Gasteiger partial charge in [-0.3, -0.25) is 9.39 Å². The summed E-state index contributed by atoms with van der Waals surface area (Å²) in [5.41, 5.74) is 4.36. The number of hydrogen-bond acceptors (Lipinski definition) is 6. The number of anilines is 1. The third-order valence-corrected chi connectivity index (χ3v) is 6.95. The van der Waals surface area contributed by atoms with E-state index in [1.54, 1.807) is 0 Å². The van der Waals surface area contributed by atoms with Crippen LogP contribution in [0.3, 0.4) is 0 Å². The number of para-hydroxylation sites is 2. The molecule has 0 amide bonds. The maximum absolute atomic E-state index is 9.70. The number of benzene rings is 1. The molecule has 1 saturated heterocycles. The molecule has 2 aromatic heterocycles. The molecular weight excluding hydrogens is 380 g/mol. The van der Waals surface area contributed by atoms with Crippen molar-refractivity contribution in [2.24, 2.45) is 4.99 Å². The van der Waals surface area contributed by atoms with E-state index in [0.29, 0.717) is 5.56 Å². The van der Waals surface area contributed by atoms with Crippen LogP contribution in [0.25, 0.3) is 16.7 Å². The van der Waals surface area contributed by atoms with Crippen LogP contribution in [0.15, 0.2) is 35.3 Å². The summed E-state index contributed by atoms with van der Waals surface area (Å²) < 4.78 is 2.36. The summed E-state index contributed by atoms with van der Waals surface area (Å²) in [6.45, 7) is 11.2. The summed E-state index contributed by atoms with van der Waals surface area (Å²) in [5, 5.41) is 10.9. The molecule has 0 atom stereocenters. The summed E-state index contributed by atoms with van der Waals surface area (Å²) in [4.78, 5) is 14.4. The molecule has 7 heteroatoms. The van der Waals surface area contributed by atoms with Gasteiger partial charge < -0.3 is 9.80 Å². The van der Waals surface area contributed by atoms with E-state index >= 15 is 0 Å². The van der Waals surface area contributed by atoms with Crippen LogP contribution in [-0.4, -0.2) is 56.9 Å². The average molecular weight is 405 g/mol. The molecule has 6 nitrogen and oxygen atoms in total.